The number of hydrogen-bond donors (Lipinski definition) is 1. The van der Waals surface area contributed by atoms with Crippen molar-refractivity contribution < 1.29 is 14.7 Å². The normalized spacial score (nSPS) is 10.7. The molecule has 0 bridgehead atoms. The number of aliphatic carboxylic acids is 1. The summed E-state index contributed by atoms with van der Waals surface area (Å²) < 4.78 is 1.49. The van der Waals surface area contributed by atoms with Crippen molar-refractivity contribution in [2.75, 3.05) is 0 Å². The molecule has 0 amide bonds. The number of aromatic nitrogens is 1. The third-order valence-corrected chi connectivity index (χ3v) is 3.02. The van der Waals surface area contributed by atoms with Crippen LogP contribution in [0.5, 0.6) is 0 Å². The lowest BCUT2D eigenvalue weighted by Crippen LogP contribution is -2.10. The van der Waals surface area contributed by atoms with Crippen molar-refractivity contribution in [1.82, 2.24) is 4.57 Å². The number of rotatable bonds is 4. The van der Waals surface area contributed by atoms with Gasteiger partial charge in [-0.2, -0.15) is 0 Å². The molecule has 4 nitrogen and oxygen atoms in total. The van der Waals surface area contributed by atoms with E-state index in [0.717, 1.165) is 5.39 Å². The number of para-hydroxylation sites is 1. The lowest BCUT2D eigenvalue weighted by atomic mass is 10.2. The Morgan fingerprint density at radius 2 is 2.00 bits per heavy atom. The molecule has 0 saturated heterocycles. The van der Waals surface area contributed by atoms with Gasteiger partial charge in [0.2, 0.25) is 5.91 Å². The molecule has 0 saturated carbocycles. The minimum Gasteiger partial charge on any atom is -0.481 e. The molecule has 5 heteroatoms. The van der Waals surface area contributed by atoms with Crippen molar-refractivity contribution in [2.45, 2.75) is 19.3 Å². The Morgan fingerprint density at radius 1 is 1.22 bits per heavy atom. The molecule has 1 aromatic carbocycles. The largest absolute Gasteiger partial charge is 0.481 e. The van der Waals surface area contributed by atoms with Gasteiger partial charge in [0.1, 0.15) is 0 Å². The Hall–Kier alpha value is -1.81. The fraction of sp³-hybridized carbons (Fsp3) is 0.231. The first-order valence-electron chi connectivity index (χ1n) is 5.60. The van der Waals surface area contributed by atoms with Crippen LogP contribution < -0.4 is 0 Å². The van der Waals surface area contributed by atoms with Crippen molar-refractivity contribution in [3.8, 4) is 0 Å². The Morgan fingerprint density at radius 3 is 2.72 bits per heavy atom. The maximum Gasteiger partial charge on any atom is 0.303 e. The first-order chi connectivity index (χ1) is 8.59. The highest BCUT2D eigenvalue weighted by Crippen LogP contribution is 2.24. The summed E-state index contributed by atoms with van der Waals surface area (Å²) in [5.74, 6) is -1.03. The average Bonchev–Trinajstić information content (AvgIpc) is 2.73. The molecule has 2 rings (SSSR count). The van der Waals surface area contributed by atoms with Crippen LogP contribution in [-0.2, 0) is 4.79 Å². The number of carbonyl (C=O) groups is 2. The van der Waals surface area contributed by atoms with Crippen LogP contribution in [0.1, 0.15) is 24.1 Å². The highest BCUT2D eigenvalue weighted by molar-refractivity contribution is 6.35. The summed E-state index contributed by atoms with van der Waals surface area (Å²) >= 11 is 6.06. The summed E-state index contributed by atoms with van der Waals surface area (Å²) in [5, 5.41) is 9.95. The summed E-state index contributed by atoms with van der Waals surface area (Å²) in [6.45, 7) is 0. The minimum absolute atomic E-state index is 0.00132. The van der Waals surface area contributed by atoms with Crippen LogP contribution in [0.4, 0.5) is 0 Å². The van der Waals surface area contributed by atoms with Crippen molar-refractivity contribution in [3.63, 3.8) is 0 Å². The highest BCUT2D eigenvalue weighted by atomic mass is 35.5. The van der Waals surface area contributed by atoms with Gasteiger partial charge in [0, 0.05) is 24.4 Å². The van der Waals surface area contributed by atoms with Crippen molar-refractivity contribution in [1.29, 1.82) is 0 Å². The zero-order valence-electron chi connectivity index (χ0n) is 9.60. The van der Waals surface area contributed by atoms with E-state index in [0.29, 0.717) is 17.0 Å². The third-order valence-electron chi connectivity index (χ3n) is 2.71. The van der Waals surface area contributed by atoms with Gasteiger partial charge in [-0.15, -0.1) is 0 Å². The smallest absolute Gasteiger partial charge is 0.303 e. The number of fused-ring (bicyclic) bond motifs is 1. The molecule has 0 unspecified atom stereocenters. The molecule has 0 aliphatic carbocycles. The molecule has 0 spiro atoms. The molecule has 0 radical (unpaired) electrons. The Labute approximate surface area is 109 Å². The molecular formula is C13H12ClNO3. The summed E-state index contributed by atoms with van der Waals surface area (Å²) in [4.78, 5) is 22.4. The number of halogens is 1. The molecule has 1 N–H and O–H groups in total. The first kappa shape index (κ1) is 12.6. The summed E-state index contributed by atoms with van der Waals surface area (Å²) in [7, 11) is 0. The minimum atomic E-state index is -0.891. The van der Waals surface area contributed by atoms with E-state index in [1.54, 1.807) is 12.3 Å². The Kier molecular flexibility index (Phi) is 3.67. The topological polar surface area (TPSA) is 59.3 Å². The Bertz CT molecular complexity index is 603. The molecule has 0 fully saturated rings. The predicted molar refractivity (Wildman–Crippen MR) is 69.1 cm³/mol. The summed E-state index contributed by atoms with van der Waals surface area (Å²) in [5.41, 5.74) is 0.680. The molecular weight excluding hydrogens is 254 g/mol. The van der Waals surface area contributed by atoms with Crippen LogP contribution >= 0.6 is 11.6 Å². The molecule has 2 aromatic rings. The second-order valence-corrected chi connectivity index (χ2v) is 4.41. The SMILES string of the molecule is O=C(O)CCCC(=O)n1ccc2cccc(Cl)c21. The van der Waals surface area contributed by atoms with Gasteiger partial charge in [-0.05, 0) is 18.6 Å². The van der Waals surface area contributed by atoms with Crippen molar-refractivity contribution in [2.24, 2.45) is 0 Å². The number of carboxylic acid groups (broad SMARTS) is 1. The van der Waals surface area contributed by atoms with E-state index >= 15 is 0 Å². The standard InChI is InChI=1S/C13H12ClNO3/c14-10-4-1-3-9-7-8-15(13(9)10)11(16)5-2-6-12(17)18/h1,3-4,7-8H,2,5-6H2,(H,17,18). The van der Waals surface area contributed by atoms with Crippen LogP contribution in [-0.4, -0.2) is 21.6 Å². The highest BCUT2D eigenvalue weighted by Gasteiger charge is 2.11. The van der Waals surface area contributed by atoms with Gasteiger partial charge in [0.15, 0.2) is 0 Å². The first-order valence-corrected chi connectivity index (χ1v) is 5.98. The molecule has 1 aromatic heterocycles. The van der Waals surface area contributed by atoms with Gasteiger partial charge < -0.3 is 5.11 Å². The van der Waals surface area contributed by atoms with Gasteiger partial charge in [-0.1, -0.05) is 23.7 Å². The van der Waals surface area contributed by atoms with E-state index in [1.807, 2.05) is 18.2 Å². The van der Waals surface area contributed by atoms with Crippen molar-refractivity contribution in [3.05, 3.63) is 35.5 Å². The molecule has 1 heterocycles. The fourth-order valence-corrected chi connectivity index (χ4v) is 2.14. The van der Waals surface area contributed by atoms with E-state index < -0.39 is 5.97 Å². The van der Waals surface area contributed by atoms with Crippen LogP contribution in [0.25, 0.3) is 10.9 Å². The van der Waals surface area contributed by atoms with Crippen LogP contribution in [0.2, 0.25) is 5.02 Å². The van der Waals surface area contributed by atoms with E-state index in [2.05, 4.69) is 0 Å². The van der Waals surface area contributed by atoms with E-state index in [9.17, 15) is 9.59 Å². The van der Waals surface area contributed by atoms with Crippen LogP contribution in [0, 0.1) is 0 Å². The van der Waals surface area contributed by atoms with Gasteiger partial charge in [-0.3, -0.25) is 14.2 Å². The van der Waals surface area contributed by atoms with E-state index in [-0.39, 0.29) is 18.7 Å². The lowest BCUT2D eigenvalue weighted by Gasteiger charge is -2.04. The van der Waals surface area contributed by atoms with E-state index in [4.69, 9.17) is 16.7 Å². The number of nitrogens with zero attached hydrogens (tertiary/aromatic N) is 1. The number of hydrogen-bond acceptors (Lipinski definition) is 2. The third kappa shape index (κ3) is 2.54. The zero-order chi connectivity index (χ0) is 13.1. The average molecular weight is 266 g/mol. The number of benzene rings is 1. The second kappa shape index (κ2) is 5.23. The van der Waals surface area contributed by atoms with Crippen LogP contribution in [0.3, 0.4) is 0 Å². The molecule has 18 heavy (non-hydrogen) atoms. The zero-order valence-corrected chi connectivity index (χ0v) is 10.4. The predicted octanol–water partition coefficient (Wildman–Crippen LogP) is 3.19. The van der Waals surface area contributed by atoms with Crippen molar-refractivity contribution >= 4 is 34.4 Å². The fourth-order valence-electron chi connectivity index (χ4n) is 1.87. The maximum atomic E-state index is 12.0. The summed E-state index contributed by atoms with van der Waals surface area (Å²) in [6, 6.07) is 7.24. The Balaban J connectivity index is 2.20. The molecule has 0 atom stereocenters. The maximum absolute atomic E-state index is 12.0. The molecule has 0 aliphatic heterocycles. The lowest BCUT2D eigenvalue weighted by molar-refractivity contribution is -0.137. The van der Waals surface area contributed by atoms with Gasteiger partial charge in [0.25, 0.3) is 0 Å². The van der Waals surface area contributed by atoms with Crippen LogP contribution in [0.15, 0.2) is 30.5 Å². The van der Waals surface area contributed by atoms with Gasteiger partial charge in [-0.25, -0.2) is 0 Å². The molecule has 94 valence electrons. The summed E-state index contributed by atoms with van der Waals surface area (Å²) in [6.07, 6.45) is 2.19. The quantitative estimate of drug-likeness (QED) is 0.923. The van der Waals surface area contributed by atoms with Gasteiger partial charge in [0.05, 0.1) is 10.5 Å². The number of carboxylic acids is 1. The monoisotopic (exact) mass is 265 g/mol. The number of carbonyl (C=O) groups excluding carboxylic acids is 1. The second-order valence-electron chi connectivity index (χ2n) is 4.00. The van der Waals surface area contributed by atoms with E-state index in [1.165, 1.54) is 4.57 Å². The van der Waals surface area contributed by atoms with Gasteiger partial charge >= 0.3 is 5.97 Å². The molecule has 0 aliphatic rings.